The first-order valence-corrected chi connectivity index (χ1v) is 7.46. The van der Waals surface area contributed by atoms with Crippen molar-refractivity contribution in [1.82, 2.24) is 4.98 Å². The molecule has 0 saturated carbocycles. The third kappa shape index (κ3) is 4.69. The van der Waals surface area contributed by atoms with E-state index >= 15 is 0 Å². The molecule has 2 aromatic rings. The van der Waals surface area contributed by atoms with Gasteiger partial charge in [0.2, 0.25) is 0 Å². The zero-order chi connectivity index (χ0) is 16.5. The third-order valence-corrected chi connectivity index (χ3v) is 2.55. The van der Waals surface area contributed by atoms with Crippen LogP contribution in [0.15, 0.2) is 24.4 Å². The van der Waals surface area contributed by atoms with Crippen LogP contribution in [-0.2, 0) is 4.74 Å². The highest BCUT2D eigenvalue weighted by Gasteiger charge is 2.11. The van der Waals surface area contributed by atoms with E-state index in [0.29, 0.717) is 23.1 Å². The van der Waals surface area contributed by atoms with Gasteiger partial charge in [-0.15, -0.1) is 0 Å². The normalized spacial score (nSPS) is 9.86. The van der Waals surface area contributed by atoms with Crippen molar-refractivity contribution >= 4 is 16.9 Å². The molecule has 0 unspecified atom stereocenters. The first-order chi connectivity index (χ1) is 10.6. The highest BCUT2D eigenvalue weighted by molar-refractivity contribution is 5.93. The Bertz CT molecular complexity index is 629. The summed E-state index contributed by atoms with van der Waals surface area (Å²) in [5, 5.41) is 0.534. The second-order valence-electron chi connectivity index (χ2n) is 4.56. The van der Waals surface area contributed by atoms with Crippen LogP contribution in [0.1, 0.15) is 44.5 Å². The minimum Gasteiger partial charge on any atom is -0.491 e. The van der Waals surface area contributed by atoms with Crippen LogP contribution in [0.3, 0.4) is 0 Å². The van der Waals surface area contributed by atoms with Crippen LogP contribution < -0.4 is 4.74 Å². The number of rotatable bonds is 4. The molecule has 0 aliphatic carbocycles. The Balaban J connectivity index is 0.000000745. The van der Waals surface area contributed by atoms with Crippen LogP contribution >= 0.6 is 0 Å². The minimum absolute atomic E-state index is 0.159. The van der Waals surface area contributed by atoms with Gasteiger partial charge in [-0.05, 0) is 26.0 Å². The average molecular weight is 307 g/mol. The fourth-order valence-electron chi connectivity index (χ4n) is 1.72. The van der Waals surface area contributed by atoms with Gasteiger partial charge in [0.1, 0.15) is 0 Å². The maximum absolute atomic E-state index is 13.7. The lowest BCUT2D eigenvalue weighted by Crippen LogP contribution is -2.05. The molecular formula is C17H22FNO3. The van der Waals surface area contributed by atoms with E-state index in [4.69, 9.17) is 9.47 Å². The van der Waals surface area contributed by atoms with Gasteiger partial charge in [0.05, 0.1) is 24.3 Å². The number of nitrogens with zero attached hydrogens (tertiary/aromatic N) is 1. The highest BCUT2D eigenvalue weighted by atomic mass is 19.1. The van der Waals surface area contributed by atoms with E-state index in [1.54, 1.807) is 19.9 Å². The predicted molar refractivity (Wildman–Crippen MR) is 84.8 cm³/mol. The van der Waals surface area contributed by atoms with Gasteiger partial charge in [-0.2, -0.15) is 0 Å². The Kier molecular flexibility index (Phi) is 7.29. The third-order valence-electron chi connectivity index (χ3n) is 2.55. The van der Waals surface area contributed by atoms with Gasteiger partial charge < -0.3 is 9.47 Å². The lowest BCUT2D eigenvalue weighted by atomic mass is 10.1. The van der Waals surface area contributed by atoms with Crippen LogP contribution in [0.25, 0.3) is 10.9 Å². The SMILES string of the molecule is CCC.CCOC(=O)c1cnc2cc(OCC)c(F)cc2c1. The second-order valence-corrected chi connectivity index (χ2v) is 4.56. The summed E-state index contributed by atoms with van der Waals surface area (Å²) in [6.45, 7) is 8.42. The molecule has 1 aromatic heterocycles. The van der Waals surface area contributed by atoms with Gasteiger partial charge in [-0.3, -0.25) is 4.98 Å². The highest BCUT2D eigenvalue weighted by Crippen LogP contribution is 2.24. The van der Waals surface area contributed by atoms with Gasteiger partial charge in [0.25, 0.3) is 0 Å². The van der Waals surface area contributed by atoms with Crippen molar-refractivity contribution in [2.45, 2.75) is 34.1 Å². The first kappa shape index (κ1) is 17.9. The van der Waals surface area contributed by atoms with E-state index in [0.717, 1.165) is 0 Å². The fourth-order valence-corrected chi connectivity index (χ4v) is 1.72. The van der Waals surface area contributed by atoms with E-state index in [9.17, 15) is 9.18 Å². The maximum Gasteiger partial charge on any atom is 0.339 e. The summed E-state index contributed by atoms with van der Waals surface area (Å²) in [4.78, 5) is 15.7. The number of hydrogen-bond donors (Lipinski definition) is 0. The number of benzene rings is 1. The monoisotopic (exact) mass is 307 g/mol. The lowest BCUT2D eigenvalue weighted by Gasteiger charge is -2.07. The average Bonchev–Trinajstić information content (AvgIpc) is 2.49. The van der Waals surface area contributed by atoms with Crippen LogP contribution in [0.4, 0.5) is 4.39 Å². The van der Waals surface area contributed by atoms with Gasteiger partial charge in [-0.1, -0.05) is 20.3 Å². The van der Waals surface area contributed by atoms with E-state index in [-0.39, 0.29) is 12.4 Å². The summed E-state index contributed by atoms with van der Waals surface area (Å²) in [6.07, 6.45) is 2.66. The molecule has 0 N–H and O–H groups in total. The van der Waals surface area contributed by atoms with Crippen molar-refractivity contribution in [2.24, 2.45) is 0 Å². The molecular weight excluding hydrogens is 285 g/mol. The largest absolute Gasteiger partial charge is 0.491 e. The van der Waals surface area contributed by atoms with Crippen molar-refractivity contribution in [3.8, 4) is 5.75 Å². The van der Waals surface area contributed by atoms with Crippen molar-refractivity contribution in [3.63, 3.8) is 0 Å². The van der Waals surface area contributed by atoms with Crippen molar-refractivity contribution in [2.75, 3.05) is 13.2 Å². The molecule has 0 atom stereocenters. The summed E-state index contributed by atoms with van der Waals surface area (Å²) >= 11 is 0. The number of pyridine rings is 1. The van der Waals surface area contributed by atoms with Crippen molar-refractivity contribution in [3.05, 3.63) is 35.8 Å². The van der Waals surface area contributed by atoms with Gasteiger partial charge in [0, 0.05) is 17.6 Å². The van der Waals surface area contributed by atoms with Crippen LogP contribution in [0.5, 0.6) is 5.75 Å². The molecule has 4 nitrogen and oxygen atoms in total. The standard InChI is InChI=1S/C14H14FNO3.C3H8/c1-3-18-13-7-12-9(6-11(13)15)5-10(8-16-12)14(17)19-4-2;1-3-2/h5-8H,3-4H2,1-2H3;3H2,1-2H3. The molecule has 0 amide bonds. The Hall–Kier alpha value is -2.17. The summed E-state index contributed by atoms with van der Waals surface area (Å²) in [6, 6.07) is 4.37. The van der Waals surface area contributed by atoms with E-state index in [1.165, 1.54) is 24.8 Å². The Morgan fingerprint density at radius 1 is 1.14 bits per heavy atom. The molecule has 0 radical (unpaired) electrons. The molecule has 1 aromatic carbocycles. The predicted octanol–water partition coefficient (Wildman–Crippen LogP) is 4.37. The van der Waals surface area contributed by atoms with Crippen LogP contribution in [0.2, 0.25) is 0 Å². The van der Waals surface area contributed by atoms with E-state index in [2.05, 4.69) is 18.8 Å². The van der Waals surface area contributed by atoms with Crippen LogP contribution in [-0.4, -0.2) is 24.2 Å². The number of halogens is 1. The molecule has 0 aliphatic heterocycles. The minimum atomic E-state index is -0.475. The topological polar surface area (TPSA) is 48.4 Å². The molecule has 1 heterocycles. The molecule has 0 bridgehead atoms. The second kappa shape index (κ2) is 8.97. The molecule has 120 valence electrons. The van der Waals surface area contributed by atoms with E-state index in [1.807, 2.05) is 0 Å². The van der Waals surface area contributed by atoms with E-state index < -0.39 is 11.8 Å². The summed E-state index contributed by atoms with van der Waals surface area (Å²) in [5.41, 5.74) is 0.871. The molecule has 0 saturated heterocycles. The molecule has 0 aliphatic rings. The lowest BCUT2D eigenvalue weighted by molar-refractivity contribution is 0.0526. The zero-order valence-electron chi connectivity index (χ0n) is 13.5. The first-order valence-electron chi connectivity index (χ1n) is 7.46. The quantitative estimate of drug-likeness (QED) is 0.787. The number of esters is 1. The number of carbonyl (C=O) groups excluding carboxylic acids is 1. The molecule has 22 heavy (non-hydrogen) atoms. The summed E-state index contributed by atoms with van der Waals surface area (Å²) in [7, 11) is 0. The summed E-state index contributed by atoms with van der Waals surface area (Å²) in [5.74, 6) is -0.783. The molecule has 0 fully saturated rings. The van der Waals surface area contributed by atoms with Gasteiger partial charge in [0.15, 0.2) is 11.6 Å². The smallest absolute Gasteiger partial charge is 0.339 e. The molecule has 2 rings (SSSR count). The zero-order valence-corrected chi connectivity index (χ0v) is 13.5. The number of hydrogen-bond acceptors (Lipinski definition) is 4. The Morgan fingerprint density at radius 3 is 2.41 bits per heavy atom. The van der Waals surface area contributed by atoms with Crippen LogP contribution in [0, 0.1) is 5.82 Å². The Labute approximate surface area is 130 Å². The fraction of sp³-hybridized carbons (Fsp3) is 0.412. The number of ether oxygens (including phenoxy) is 2. The van der Waals surface area contributed by atoms with Crippen molar-refractivity contribution < 1.29 is 18.7 Å². The Morgan fingerprint density at radius 2 is 1.82 bits per heavy atom. The molecule has 0 spiro atoms. The number of carbonyl (C=O) groups is 1. The maximum atomic E-state index is 13.7. The summed E-state index contributed by atoms with van der Waals surface area (Å²) < 4.78 is 23.7. The number of fused-ring (bicyclic) bond motifs is 1. The van der Waals surface area contributed by atoms with Crippen molar-refractivity contribution in [1.29, 1.82) is 0 Å². The molecule has 5 heteroatoms. The van der Waals surface area contributed by atoms with Gasteiger partial charge >= 0.3 is 5.97 Å². The van der Waals surface area contributed by atoms with Gasteiger partial charge in [-0.25, -0.2) is 9.18 Å². The number of aromatic nitrogens is 1.